The largest absolute Gasteiger partial charge is 0.459 e. The lowest BCUT2D eigenvalue weighted by atomic mass is 10.0. The molecule has 3 amide bonds. The van der Waals surface area contributed by atoms with Crippen LogP contribution in [-0.2, 0) is 14.3 Å². The Kier molecular flexibility index (Phi) is 10.1. The standard InChI is InChI=1S/C31H44N4O5/c1-20(2)17-26(29(38)34(8)16-15-33(6)7)32-25(30(39)40-31(3,4)5)13-14-35-27(36)23-18-21-11-9-10-12-22(21)19-24(23)28(35)37/h9-12,18-20,25-26,32H,13-17H2,1-8H3/t25-,26+/m1/s1. The molecular formula is C31H44N4O5. The summed E-state index contributed by atoms with van der Waals surface area (Å²) in [5.41, 5.74) is -0.0196. The Balaban J connectivity index is 1.82. The van der Waals surface area contributed by atoms with Crippen LogP contribution in [0.4, 0.5) is 0 Å². The average molecular weight is 553 g/mol. The number of carbonyl (C=O) groups excluding carboxylic acids is 4. The first kappa shape index (κ1) is 31.2. The highest BCUT2D eigenvalue weighted by atomic mass is 16.6. The number of hydrogen-bond donors (Lipinski definition) is 1. The second-order valence-electron chi connectivity index (χ2n) is 12.3. The molecule has 0 aliphatic carbocycles. The van der Waals surface area contributed by atoms with Gasteiger partial charge in [-0.2, -0.15) is 0 Å². The maximum Gasteiger partial charge on any atom is 0.323 e. The van der Waals surface area contributed by atoms with Crippen molar-refractivity contribution in [2.75, 3.05) is 40.8 Å². The number of ether oxygens (including phenoxy) is 1. The molecular weight excluding hydrogens is 508 g/mol. The van der Waals surface area contributed by atoms with Crippen LogP contribution in [0.2, 0.25) is 0 Å². The summed E-state index contributed by atoms with van der Waals surface area (Å²) in [6.45, 7) is 10.6. The van der Waals surface area contributed by atoms with Crippen LogP contribution >= 0.6 is 0 Å². The molecule has 1 aliphatic rings. The van der Waals surface area contributed by atoms with E-state index in [-0.39, 0.29) is 36.6 Å². The van der Waals surface area contributed by atoms with Gasteiger partial charge in [-0.1, -0.05) is 38.1 Å². The molecule has 0 aromatic heterocycles. The van der Waals surface area contributed by atoms with E-state index in [1.54, 1.807) is 44.9 Å². The number of imide groups is 1. The summed E-state index contributed by atoms with van der Waals surface area (Å²) in [7, 11) is 5.65. The molecule has 1 aliphatic heterocycles. The Morgan fingerprint density at radius 2 is 1.48 bits per heavy atom. The summed E-state index contributed by atoms with van der Waals surface area (Å²) in [6.07, 6.45) is 0.632. The lowest BCUT2D eigenvalue weighted by molar-refractivity contribution is -0.158. The molecule has 2 atom stereocenters. The summed E-state index contributed by atoms with van der Waals surface area (Å²) in [5.74, 6) is -1.21. The van der Waals surface area contributed by atoms with Crippen LogP contribution in [0.1, 0.15) is 68.2 Å². The van der Waals surface area contributed by atoms with Gasteiger partial charge in [0.25, 0.3) is 11.8 Å². The smallest absolute Gasteiger partial charge is 0.323 e. The maximum atomic E-state index is 13.4. The number of fused-ring (bicyclic) bond motifs is 2. The van der Waals surface area contributed by atoms with Crippen LogP contribution in [0.3, 0.4) is 0 Å². The molecule has 3 rings (SSSR count). The van der Waals surface area contributed by atoms with Crippen molar-refractivity contribution in [2.24, 2.45) is 5.92 Å². The van der Waals surface area contributed by atoms with E-state index in [1.807, 2.05) is 57.1 Å². The van der Waals surface area contributed by atoms with Gasteiger partial charge in [-0.15, -0.1) is 0 Å². The molecule has 0 spiro atoms. The van der Waals surface area contributed by atoms with Gasteiger partial charge in [-0.25, -0.2) is 0 Å². The average Bonchev–Trinajstić information content (AvgIpc) is 3.09. The minimum Gasteiger partial charge on any atom is -0.459 e. The van der Waals surface area contributed by atoms with E-state index in [2.05, 4.69) is 5.32 Å². The molecule has 2 aromatic rings. The van der Waals surface area contributed by atoms with E-state index < -0.39 is 23.7 Å². The van der Waals surface area contributed by atoms with Crippen molar-refractivity contribution in [3.8, 4) is 0 Å². The van der Waals surface area contributed by atoms with Crippen molar-refractivity contribution in [3.63, 3.8) is 0 Å². The zero-order valence-electron chi connectivity index (χ0n) is 25.1. The third-order valence-corrected chi connectivity index (χ3v) is 6.84. The van der Waals surface area contributed by atoms with Crippen molar-refractivity contribution in [1.82, 2.24) is 20.0 Å². The molecule has 1 heterocycles. The summed E-state index contributed by atoms with van der Waals surface area (Å²) in [4.78, 5) is 58.1. The topological polar surface area (TPSA) is 99.3 Å². The van der Waals surface area contributed by atoms with Gasteiger partial charge >= 0.3 is 5.97 Å². The number of carbonyl (C=O) groups is 4. The van der Waals surface area contributed by atoms with Crippen LogP contribution < -0.4 is 5.32 Å². The first-order chi connectivity index (χ1) is 18.7. The summed E-state index contributed by atoms with van der Waals surface area (Å²) < 4.78 is 5.69. The van der Waals surface area contributed by atoms with E-state index in [0.717, 1.165) is 10.8 Å². The number of rotatable bonds is 12. The van der Waals surface area contributed by atoms with E-state index in [4.69, 9.17) is 4.74 Å². The predicted molar refractivity (Wildman–Crippen MR) is 156 cm³/mol. The zero-order valence-corrected chi connectivity index (χ0v) is 25.1. The summed E-state index contributed by atoms with van der Waals surface area (Å²) >= 11 is 0. The first-order valence-electron chi connectivity index (χ1n) is 14.0. The number of nitrogens with one attached hydrogen (secondary N) is 1. The SMILES string of the molecule is CC(C)C[C@H](N[C@H](CCN1C(=O)c2cc3ccccc3cc2C1=O)C(=O)OC(C)(C)C)C(=O)N(C)CCN(C)C. The fourth-order valence-corrected chi connectivity index (χ4v) is 4.76. The van der Waals surface area contributed by atoms with Gasteiger partial charge in [0.05, 0.1) is 17.2 Å². The molecule has 0 saturated heterocycles. The van der Waals surface area contributed by atoms with Crippen molar-refractivity contribution >= 4 is 34.5 Å². The zero-order chi connectivity index (χ0) is 29.8. The van der Waals surface area contributed by atoms with Gasteiger partial charge in [0.15, 0.2) is 0 Å². The summed E-state index contributed by atoms with van der Waals surface area (Å²) in [6, 6.07) is 9.55. The van der Waals surface area contributed by atoms with Crippen LogP contribution in [0.5, 0.6) is 0 Å². The highest BCUT2D eigenvalue weighted by Gasteiger charge is 2.38. The molecule has 9 nitrogen and oxygen atoms in total. The molecule has 1 N–H and O–H groups in total. The number of likely N-dealkylation sites (N-methyl/N-ethyl adjacent to an activating group) is 2. The Bertz CT molecular complexity index is 1200. The van der Waals surface area contributed by atoms with Crippen molar-refractivity contribution in [3.05, 3.63) is 47.5 Å². The van der Waals surface area contributed by atoms with E-state index in [0.29, 0.717) is 30.6 Å². The molecule has 0 bridgehead atoms. The normalized spacial score (nSPS) is 15.1. The maximum absolute atomic E-state index is 13.4. The van der Waals surface area contributed by atoms with Gasteiger partial charge in [0, 0.05) is 26.7 Å². The number of hydrogen-bond acceptors (Lipinski definition) is 7. The molecule has 218 valence electrons. The minimum absolute atomic E-state index is 0.0126. The van der Waals surface area contributed by atoms with Crippen LogP contribution in [-0.4, -0.2) is 96.9 Å². The number of amides is 3. The van der Waals surface area contributed by atoms with Crippen LogP contribution in [0.25, 0.3) is 10.8 Å². The number of benzene rings is 2. The Hall–Kier alpha value is -3.30. The second kappa shape index (κ2) is 12.9. The van der Waals surface area contributed by atoms with Gasteiger partial charge in [0.1, 0.15) is 11.6 Å². The Morgan fingerprint density at radius 3 is 1.95 bits per heavy atom. The monoisotopic (exact) mass is 552 g/mol. The highest BCUT2D eigenvalue weighted by molar-refractivity contribution is 6.23. The lowest BCUT2D eigenvalue weighted by Gasteiger charge is -2.31. The van der Waals surface area contributed by atoms with Gasteiger partial charge in [-0.3, -0.25) is 29.4 Å². The summed E-state index contributed by atoms with van der Waals surface area (Å²) in [5, 5.41) is 5.01. The van der Waals surface area contributed by atoms with E-state index in [9.17, 15) is 19.2 Å². The van der Waals surface area contributed by atoms with Crippen molar-refractivity contribution < 1.29 is 23.9 Å². The third-order valence-electron chi connectivity index (χ3n) is 6.84. The van der Waals surface area contributed by atoms with Crippen molar-refractivity contribution in [2.45, 2.75) is 65.1 Å². The highest BCUT2D eigenvalue weighted by Crippen LogP contribution is 2.28. The van der Waals surface area contributed by atoms with Gasteiger partial charge in [0.2, 0.25) is 5.91 Å². The molecule has 0 radical (unpaired) electrons. The second-order valence-corrected chi connectivity index (χ2v) is 12.3. The molecule has 0 unspecified atom stereocenters. The molecule has 0 fully saturated rings. The van der Waals surface area contributed by atoms with E-state index in [1.165, 1.54) is 4.90 Å². The van der Waals surface area contributed by atoms with Crippen LogP contribution in [0, 0.1) is 5.92 Å². The van der Waals surface area contributed by atoms with Gasteiger partial charge in [-0.05, 0) is 76.5 Å². The molecule has 2 aromatic carbocycles. The Labute approximate surface area is 237 Å². The van der Waals surface area contributed by atoms with E-state index >= 15 is 0 Å². The minimum atomic E-state index is -0.891. The molecule has 9 heteroatoms. The molecule has 40 heavy (non-hydrogen) atoms. The Morgan fingerprint density at radius 1 is 0.925 bits per heavy atom. The lowest BCUT2D eigenvalue weighted by Crippen LogP contribution is -2.54. The quantitative estimate of drug-likeness (QED) is 0.318. The third kappa shape index (κ3) is 7.88. The molecule has 0 saturated carbocycles. The fraction of sp³-hybridized carbons (Fsp3) is 0.548. The van der Waals surface area contributed by atoms with Crippen LogP contribution in [0.15, 0.2) is 36.4 Å². The fourth-order valence-electron chi connectivity index (χ4n) is 4.76. The number of nitrogens with zero attached hydrogens (tertiary/aromatic N) is 3. The van der Waals surface area contributed by atoms with Gasteiger partial charge < -0.3 is 14.5 Å². The van der Waals surface area contributed by atoms with Crippen molar-refractivity contribution in [1.29, 1.82) is 0 Å². The number of esters is 1. The first-order valence-corrected chi connectivity index (χ1v) is 14.0. The predicted octanol–water partition coefficient (Wildman–Crippen LogP) is 3.56.